The van der Waals surface area contributed by atoms with Crippen LogP contribution in [0.25, 0.3) is 10.8 Å². The van der Waals surface area contributed by atoms with E-state index in [2.05, 4.69) is 15.0 Å². The molecule has 8 heteroatoms. The number of aromatic nitrogens is 3. The quantitative estimate of drug-likeness (QED) is 0.688. The Labute approximate surface area is 160 Å². The number of fused-ring (bicyclic) bond motifs is 1. The third-order valence-corrected chi connectivity index (χ3v) is 5.20. The fraction of sp³-hybridized carbons (Fsp3) is 0.400. The topological polar surface area (TPSA) is 54.0 Å². The minimum Gasteiger partial charge on any atom is -0.479 e. The molecule has 1 N–H and O–H groups in total. The van der Waals surface area contributed by atoms with E-state index in [1.54, 1.807) is 0 Å². The molecular weight excluding hydrogens is 369 g/mol. The molecule has 1 aliphatic heterocycles. The Balaban J connectivity index is 1.25. The first kappa shape index (κ1) is 18.6. The lowest BCUT2D eigenvalue weighted by atomic mass is 9.94. The molecule has 0 spiro atoms. The van der Waals surface area contributed by atoms with Crippen LogP contribution in [0.3, 0.4) is 0 Å². The lowest BCUT2D eigenvalue weighted by molar-refractivity contribution is -0.138. The fourth-order valence-corrected chi connectivity index (χ4v) is 3.55. The Morgan fingerprint density at radius 3 is 2.54 bits per heavy atom. The molecule has 0 unspecified atom stereocenters. The number of ether oxygens (including phenoxy) is 1. The Kier molecular flexibility index (Phi) is 5.11. The molecule has 1 aromatic carbocycles. The Bertz CT molecular complexity index is 915. The molecule has 0 aliphatic carbocycles. The minimum absolute atomic E-state index is 0.362. The highest BCUT2D eigenvalue weighted by atomic mass is 19.4. The highest BCUT2D eigenvalue weighted by Crippen LogP contribution is 2.29. The van der Waals surface area contributed by atoms with Crippen LogP contribution in [0.2, 0.25) is 0 Å². The van der Waals surface area contributed by atoms with Crippen LogP contribution < -0.4 is 9.64 Å². The van der Waals surface area contributed by atoms with Gasteiger partial charge in [0.05, 0.1) is 12.2 Å². The molecule has 3 aromatic rings. The molecule has 1 aliphatic rings. The van der Waals surface area contributed by atoms with Crippen LogP contribution in [0.1, 0.15) is 24.8 Å². The van der Waals surface area contributed by atoms with Crippen molar-refractivity contribution in [3.8, 4) is 5.88 Å². The summed E-state index contributed by atoms with van der Waals surface area (Å²) in [5, 5.41) is 2.21. The van der Waals surface area contributed by atoms with Crippen molar-refractivity contribution >= 4 is 16.7 Å². The van der Waals surface area contributed by atoms with Crippen molar-refractivity contribution < 1.29 is 17.9 Å². The van der Waals surface area contributed by atoms with Gasteiger partial charge >= 0.3 is 6.18 Å². The van der Waals surface area contributed by atoms with E-state index in [0.29, 0.717) is 18.5 Å². The number of halogens is 3. The maximum Gasteiger partial charge on any atom is 0.419 e. The number of hydrogen-bond donors (Lipinski definition) is 1. The van der Waals surface area contributed by atoms with Gasteiger partial charge in [-0.15, -0.1) is 0 Å². The van der Waals surface area contributed by atoms with Gasteiger partial charge in [0.2, 0.25) is 5.95 Å². The number of nitrogens with one attached hydrogen (secondary N) is 1. The third kappa shape index (κ3) is 4.05. The van der Waals surface area contributed by atoms with Gasteiger partial charge in [-0.05, 0) is 31.2 Å². The van der Waals surface area contributed by atoms with E-state index in [4.69, 9.17) is 4.74 Å². The second-order valence-electron chi connectivity index (χ2n) is 7.04. The maximum absolute atomic E-state index is 12.6. The molecule has 3 heterocycles. The Morgan fingerprint density at radius 1 is 1.11 bits per heavy atom. The highest BCUT2D eigenvalue weighted by molar-refractivity contribution is 5.87. The third-order valence-electron chi connectivity index (χ3n) is 5.20. The molecule has 1 fully saturated rings. The lowest BCUT2D eigenvalue weighted by Crippen LogP contribution is -2.35. The summed E-state index contributed by atoms with van der Waals surface area (Å²) >= 11 is 0. The van der Waals surface area contributed by atoms with Gasteiger partial charge in [0.1, 0.15) is 0 Å². The molecule has 0 amide bonds. The van der Waals surface area contributed by atoms with E-state index in [0.717, 1.165) is 61.4 Å². The van der Waals surface area contributed by atoms with E-state index >= 15 is 0 Å². The van der Waals surface area contributed by atoms with Crippen molar-refractivity contribution in [3.05, 3.63) is 48.4 Å². The highest BCUT2D eigenvalue weighted by Gasteiger charge is 2.31. The van der Waals surface area contributed by atoms with Crippen LogP contribution in [-0.4, -0.2) is 34.6 Å². The molecule has 0 bridgehead atoms. The van der Waals surface area contributed by atoms with Crippen LogP contribution in [0, 0.1) is 5.92 Å². The molecule has 0 atom stereocenters. The second-order valence-corrected chi connectivity index (χ2v) is 7.04. The number of aromatic amines is 1. The number of alkyl halides is 3. The SMILES string of the molecule is FC(F)(F)c1cnc(N2CCC(CCOc3[nH]cc4ccccc34)CC2)nc1. The van der Waals surface area contributed by atoms with Gasteiger partial charge in [-0.2, -0.15) is 13.2 Å². The minimum atomic E-state index is -4.41. The summed E-state index contributed by atoms with van der Waals surface area (Å²) in [6.45, 7) is 2.11. The lowest BCUT2D eigenvalue weighted by Gasteiger charge is -2.32. The predicted molar refractivity (Wildman–Crippen MR) is 100 cm³/mol. The van der Waals surface area contributed by atoms with Crippen LogP contribution in [0.4, 0.5) is 19.1 Å². The number of rotatable bonds is 5. The Morgan fingerprint density at radius 2 is 1.82 bits per heavy atom. The smallest absolute Gasteiger partial charge is 0.419 e. The standard InChI is InChI=1S/C20H21F3N4O/c21-20(22,23)16-12-25-19(26-13-16)27-8-5-14(6-9-27)7-10-28-18-17-4-2-1-3-15(17)11-24-18/h1-4,11-14,24H,5-10H2. The first-order valence-corrected chi connectivity index (χ1v) is 9.34. The molecule has 148 valence electrons. The number of piperidine rings is 1. The number of hydrogen-bond acceptors (Lipinski definition) is 4. The van der Waals surface area contributed by atoms with Gasteiger partial charge in [0.25, 0.3) is 0 Å². The first-order valence-electron chi connectivity index (χ1n) is 9.34. The maximum atomic E-state index is 12.6. The molecule has 5 nitrogen and oxygen atoms in total. The molecular formula is C20H21F3N4O. The average molecular weight is 390 g/mol. The summed E-state index contributed by atoms with van der Waals surface area (Å²) in [6, 6.07) is 8.05. The summed E-state index contributed by atoms with van der Waals surface area (Å²) in [6.07, 6.45) is 2.06. The molecule has 2 aromatic heterocycles. The van der Waals surface area contributed by atoms with Gasteiger partial charge in [-0.25, -0.2) is 9.97 Å². The molecule has 0 radical (unpaired) electrons. The summed E-state index contributed by atoms with van der Waals surface area (Å²) in [5.41, 5.74) is -0.819. The zero-order valence-corrected chi connectivity index (χ0v) is 15.2. The molecule has 4 rings (SSSR count). The van der Waals surface area contributed by atoms with Crippen molar-refractivity contribution in [1.82, 2.24) is 15.0 Å². The van der Waals surface area contributed by atoms with Gasteiger partial charge in [0.15, 0.2) is 5.88 Å². The van der Waals surface area contributed by atoms with Crippen molar-refractivity contribution in [2.45, 2.75) is 25.4 Å². The van der Waals surface area contributed by atoms with Gasteiger partial charge in [-0.1, -0.05) is 18.2 Å². The van der Waals surface area contributed by atoms with Crippen LogP contribution in [0.15, 0.2) is 42.9 Å². The van der Waals surface area contributed by atoms with Gasteiger partial charge in [-0.3, -0.25) is 0 Å². The van der Waals surface area contributed by atoms with Gasteiger partial charge in [0, 0.05) is 42.5 Å². The monoisotopic (exact) mass is 390 g/mol. The predicted octanol–water partition coefficient (Wildman–Crippen LogP) is 4.66. The van der Waals surface area contributed by atoms with E-state index in [9.17, 15) is 13.2 Å². The summed E-state index contributed by atoms with van der Waals surface area (Å²) < 4.78 is 43.8. The van der Waals surface area contributed by atoms with Gasteiger partial charge < -0.3 is 14.6 Å². The normalized spacial score (nSPS) is 15.9. The molecule has 28 heavy (non-hydrogen) atoms. The van der Waals surface area contributed by atoms with Crippen LogP contribution in [-0.2, 0) is 6.18 Å². The average Bonchev–Trinajstić information content (AvgIpc) is 3.11. The largest absolute Gasteiger partial charge is 0.479 e. The zero-order valence-electron chi connectivity index (χ0n) is 15.2. The zero-order chi connectivity index (χ0) is 19.6. The second kappa shape index (κ2) is 7.69. The number of nitrogens with zero attached hydrogens (tertiary/aromatic N) is 3. The Hall–Kier alpha value is -2.77. The first-order chi connectivity index (χ1) is 13.5. The molecule has 1 saturated heterocycles. The number of H-pyrrole nitrogens is 1. The number of anilines is 1. The van der Waals surface area contributed by atoms with E-state index < -0.39 is 11.7 Å². The van der Waals surface area contributed by atoms with Crippen molar-refractivity contribution in [1.29, 1.82) is 0 Å². The van der Waals surface area contributed by atoms with Crippen molar-refractivity contribution in [2.24, 2.45) is 5.92 Å². The number of benzene rings is 1. The van der Waals surface area contributed by atoms with Crippen LogP contribution >= 0.6 is 0 Å². The summed E-state index contributed by atoms with van der Waals surface area (Å²) in [4.78, 5) is 12.9. The van der Waals surface area contributed by atoms with E-state index in [1.807, 2.05) is 35.4 Å². The summed E-state index contributed by atoms with van der Waals surface area (Å²) in [5.74, 6) is 1.68. The fourth-order valence-electron chi connectivity index (χ4n) is 3.55. The van der Waals surface area contributed by atoms with E-state index in [1.165, 1.54) is 0 Å². The van der Waals surface area contributed by atoms with Crippen molar-refractivity contribution in [3.63, 3.8) is 0 Å². The van der Waals surface area contributed by atoms with E-state index in [-0.39, 0.29) is 0 Å². The molecule has 0 saturated carbocycles. The van der Waals surface area contributed by atoms with Crippen molar-refractivity contribution in [2.75, 3.05) is 24.6 Å². The summed E-state index contributed by atoms with van der Waals surface area (Å²) in [7, 11) is 0. The van der Waals surface area contributed by atoms with Crippen LogP contribution in [0.5, 0.6) is 5.88 Å².